The van der Waals surface area contributed by atoms with Crippen molar-refractivity contribution in [3.8, 4) is 11.5 Å². The Kier molecular flexibility index (Phi) is 5.20. The second-order valence-corrected chi connectivity index (χ2v) is 5.08. The first-order valence-corrected chi connectivity index (χ1v) is 7.78. The van der Waals surface area contributed by atoms with E-state index < -0.39 is 0 Å². The summed E-state index contributed by atoms with van der Waals surface area (Å²) in [5, 5.41) is 14.7. The van der Waals surface area contributed by atoms with Crippen LogP contribution in [0.5, 0.6) is 11.5 Å². The predicted molar refractivity (Wildman–Crippen MR) is 93.6 cm³/mol. The van der Waals surface area contributed by atoms with Crippen LogP contribution >= 0.6 is 0 Å². The smallest absolute Gasteiger partial charge is 0.263 e. The van der Waals surface area contributed by atoms with E-state index in [1.54, 1.807) is 6.21 Å². The molecule has 0 saturated heterocycles. The average molecular weight is 338 g/mol. The zero-order valence-electron chi connectivity index (χ0n) is 13.7. The van der Waals surface area contributed by atoms with E-state index in [-0.39, 0.29) is 5.95 Å². The van der Waals surface area contributed by atoms with Crippen molar-refractivity contribution in [1.29, 1.82) is 0 Å². The zero-order chi connectivity index (χ0) is 17.5. The first kappa shape index (κ1) is 16.4. The molecule has 0 spiro atoms. The number of nitrogens with two attached hydrogens (primary N) is 1. The first-order chi connectivity index (χ1) is 12.3. The molecule has 128 valence electrons. The van der Waals surface area contributed by atoms with Crippen LogP contribution in [-0.4, -0.2) is 33.1 Å². The molecule has 0 aliphatic carbocycles. The fraction of sp³-hybridized carbons (Fsp3) is 0.176. The normalized spacial score (nSPS) is 10.9. The van der Waals surface area contributed by atoms with Crippen LogP contribution in [0, 0.1) is 0 Å². The Morgan fingerprint density at radius 2 is 1.96 bits per heavy atom. The molecule has 0 fully saturated rings. The largest absolute Gasteiger partial charge is 0.490 e. The summed E-state index contributed by atoms with van der Waals surface area (Å²) in [5.41, 5.74) is 7.47. The maximum Gasteiger partial charge on any atom is 0.263 e. The van der Waals surface area contributed by atoms with Gasteiger partial charge in [0.1, 0.15) is 6.61 Å². The van der Waals surface area contributed by atoms with Crippen LogP contribution in [0.3, 0.4) is 0 Å². The van der Waals surface area contributed by atoms with Crippen LogP contribution in [0.15, 0.2) is 53.6 Å². The van der Waals surface area contributed by atoms with Gasteiger partial charge in [-0.2, -0.15) is 5.10 Å². The molecule has 0 saturated carbocycles. The van der Waals surface area contributed by atoms with E-state index in [9.17, 15) is 0 Å². The summed E-state index contributed by atoms with van der Waals surface area (Å²) >= 11 is 0. The third kappa shape index (κ3) is 4.31. The molecular weight excluding hydrogens is 320 g/mol. The van der Waals surface area contributed by atoms with Gasteiger partial charge in [-0.05, 0) is 46.7 Å². The molecule has 3 aromatic rings. The Balaban J connectivity index is 1.75. The summed E-state index contributed by atoms with van der Waals surface area (Å²) in [5.74, 6) is 1.43. The molecule has 0 aliphatic heterocycles. The van der Waals surface area contributed by atoms with Gasteiger partial charge >= 0.3 is 0 Å². The second kappa shape index (κ2) is 7.91. The third-order valence-corrected chi connectivity index (χ3v) is 3.30. The average Bonchev–Trinajstić information content (AvgIpc) is 3.05. The maximum atomic E-state index is 5.87. The lowest BCUT2D eigenvalue weighted by Crippen LogP contribution is -2.01. The summed E-state index contributed by atoms with van der Waals surface area (Å²) < 4.78 is 11.5. The number of aromatic nitrogens is 4. The number of nitrogens with zero attached hydrogens (tertiary/aromatic N) is 5. The molecule has 0 atom stereocenters. The van der Waals surface area contributed by atoms with E-state index in [4.69, 9.17) is 15.2 Å². The highest BCUT2D eigenvalue weighted by Crippen LogP contribution is 2.28. The Hall–Kier alpha value is -3.42. The molecule has 0 amide bonds. The molecule has 8 nitrogen and oxygen atoms in total. The molecule has 2 N–H and O–H groups in total. The third-order valence-electron chi connectivity index (χ3n) is 3.30. The molecule has 1 aromatic heterocycles. The summed E-state index contributed by atoms with van der Waals surface area (Å²) in [6.07, 6.45) is 1.59. The van der Waals surface area contributed by atoms with Gasteiger partial charge in [0.05, 0.1) is 12.8 Å². The van der Waals surface area contributed by atoms with Gasteiger partial charge in [0.2, 0.25) is 0 Å². The fourth-order valence-corrected chi connectivity index (χ4v) is 2.12. The monoisotopic (exact) mass is 338 g/mol. The van der Waals surface area contributed by atoms with Gasteiger partial charge in [-0.3, -0.25) is 0 Å². The minimum absolute atomic E-state index is 0.115. The van der Waals surface area contributed by atoms with Gasteiger partial charge in [-0.15, -0.1) is 0 Å². The molecule has 3 rings (SSSR count). The molecule has 25 heavy (non-hydrogen) atoms. The van der Waals surface area contributed by atoms with Crippen LogP contribution in [-0.2, 0) is 6.61 Å². The van der Waals surface area contributed by atoms with E-state index in [2.05, 4.69) is 20.6 Å². The molecule has 0 aliphatic rings. The summed E-state index contributed by atoms with van der Waals surface area (Å²) in [4.78, 5) is 1.14. The lowest BCUT2D eigenvalue weighted by atomic mass is 10.2. The minimum Gasteiger partial charge on any atom is -0.490 e. The fourth-order valence-electron chi connectivity index (χ4n) is 2.12. The van der Waals surface area contributed by atoms with E-state index in [1.807, 2.05) is 55.5 Å². The molecule has 2 aromatic carbocycles. The molecule has 0 bridgehead atoms. The Bertz CT molecular complexity index is 847. The summed E-state index contributed by atoms with van der Waals surface area (Å²) in [7, 11) is 0. The number of tetrazole rings is 1. The highest BCUT2D eigenvalue weighted by molar-refractivity contribution is 5.80. The van der Waals surface area contributed by atoms with Gasteiger partial charge in [0.15, 0.2) is 11.5 Å². The SMILES string of the molecule is CCOc1cc(/C=N/n2nnnc2N)ccc1OCc1ccccc1. The van der Waals surface area contributed by atoms with Crippen LogP contribution < -0.4 is 15.2 Å². The Morgan fingerprint density at radius 3 is 2.68 bits per heavy atom. The van der Waals surface area contributed by atoms with Crippen molar-refractivity contribution in [2.24, 2.45) is 5.10 Å². The molecule has 8 heteroatoms. The van der Waals surface area contributed by atoms with Gasteiger partial charge in [-0.1, -0.05) is 40.2 Å². The number of rotatable bonds is 7. The minimum atomic E-state index is 0.115. The van der Waals surface area contributed by atoms with Crippen LogP contribution in [0.2, 0.25) is 0 Å². The van der Waals surface area contributed by atoms with Gasteiger partial charge in [0, 0.05) is 0 Å². The van der Waals surface area contributed by atoms with Crippen LogP contribution in [0.1, 0.15) is 18.1 Å². The molecule has 0 unspecified atom stereocenters. The van der Waals surface area contributed by atoms with Crippen molar-refractivity contribution < 1.29 is 9.47 Å². The van der Waals surface area contributed by atoms with Crippen molar-refractivity contribution >= 4 is 12.2 Å². The maximum absolute atomic E-state index is 5.87. The number of nitrogen functional groups attached to an aromatic ring is 1. The molecule has 0 radical (unpaired) electrons. The lowest BCUT2D eigenvalue weighted by molar-refractivity contribution is 0.269. The van der Waals surface area contributed by atoms with Crippen molar-refractivity contribution in [2.75, 3.05) is 12.3 Å². The number of hydrogen-bond donors (Lipinski definition) is 1. The number of anilines is 1. The summed E-state index contributed by atoms with van der Waals surface area (Å²) in [6, 6.07) is 15.5. The second-order valence-electron chi connectivity index (χ2n) is 5.08. The van der Waals surface area contributed by atoms with E-state index in [0.717, 1.165) is 15.9 Å². The van der Waals surface area contributed by atoms with Crippen LogP contribution in [0.25, 0.3) is 0 Å². The van der Waals surface area contributed by atoms with Gasteiger partial charge in [0.25, 0.3) is 5.95 Å². The highest BCUT2D eigenvalue weighted by atomic mass is 16.5. The van der Waals surface area contributed by atoms with Crippen molar-refractivity contribution in [3.63, 3.8) is 0 Å². The van der Waals surface area contributed by atoms with E-state index in [1.165, 1.54) is 0 Å². The molecular formula is C17H18N6O2. The zero-order valence-corrected chi connectivity index (χ0v) is 13.7. The van der Waals surface area contributed by atoms with E-state index >= 15 is 0 Å². The number of benzene rings is 2. The van der Waals surface area contributed by atoms with Crippen molar-refractivity contribution in [3.05, 3.63) is 59.7 Å². The van der Waals surface area contributed by atoms with Gasteiger partial charge < -0.3 is 15.2 Å². The predicted octanol–water partition coefficient (Wildman–Crippen LogP) is 2.12. The van der Waals surface area contributed by atoms with Crippen molar-refractivity contribution in [1.82, 2.24) is 20.3 Å². The standard InChI is InChI=1S/C17H18N6O2/c1-2-24-16-10-14(11-19-23-17(18)20-21-22-23)8-9-15(16)25-12-13-6-4-3-5-7-13/h3-11H,2,12H2,1H3,(H2,18,20,22)/b19-11+. The quantitative estimate of drug-likeness (QED) is 0.662. The number of hydrogen-bond acceptors (Lipinski definition) is 7. The highest BCUT2D eigenvalue weighted by Gasteiger charge is 2.07. The van der Waals surface area contributed by atoms with E-state index in [0.29, 0.717) is 24.7 Å². The summed E-state index contributed by atoms with van der Waals surface area (Å²) in [6.45, 7) is 2.92. The Labute approximate surface area is 144 Å². The first-order valence-electron chi connectivity index (χ1n) is 7.78. The topological polar surface area (TPSA) is 100 Å². The van der Waals surface area contributed by atoms with Crippen molar-refractivity contribution in [2.45, 2.75) is 13.5 Å². The lowest BCUT2D eigenvalue weighted by Gasteiger charge is -2.12. The Morgan fingerprint density at radius 1 is 1.12 bits per heavy atom. The van der Waals surface area contributed by atoms with Crippen LogP contribution in [0.4, 0.5) is 5.95 Å². The number of ether oxygens (including phenoxy) is 2. The van der Waals surface area contributed by atoms with Gasteiger partial charge in [-0.25, -0.2) is 0 Å². The molecule has 1 heterocycles.